The molecule has 0 aliphatic heterocycles. The van der Waals surface area contributed by atoms with Crippen molar-refractivity contribution in [3.8, 4) is 0 Å². The van der Waals surface area contributed by atoms with Crippen LogP contribution >= 0.6 is 0 Å². The molecule has 0 aliphatic carbocycles. The summed E-state index contributed by atoms with van der Waals surface area (Å²) in [5, 5.41) is 62.6. The average Bonchev–Trinajstić information content (AvgIpc) is 3.09. The van der Waals surface area contributed by atoms with Crippen LogP contribution in [0.2, 0.25) is 0 Å². The van der Waals surface area contributed by atoms with Crippen LogP contribution in [0.5, 0.6) is 0 Å². The lowest BCUT2D eigenvalue weighted by molar-refractivity contribution is 0.0826. The third-order valence-corrected chi connectivity index (χ3v) is 5.42. The summed E-state index contributed by atoms with van der Waals surface area (Å²) in [5.41, 5.74) is 0.0353. The van der Waals surface area contributed by atoms with Gasteiger partial charge in [-0.1, -0.05) is 6.07 Å². The molecule has 0 aliphatic rings. The molecule has 2 rings (SSSR count). The number of pyridine rings is 1. The van der Waals surface area contributed by atoms with Gasteiger partial charge >= 0.3 is 0 Å². The van der Waals surface area contributed by atoms with E-state index >= 15 is 0 Å². The van der Waals surface area contributed by atoms with Gasteiger partial charge in [0.1, 0.15) is 22.8 Å². The highest BCUT2D eigenvalue weighted by molar-refractivity contribution is 5.96. The standard InChI is InChI=1S/C14H22N4O6.C13H19N3O6/c19-3-7-23-5-1-15-13(21)11-9-18-12(10-17-11)14(22)16-2-6-24-8-4-20;17-4-8(5-18)14-12(21)10-2-1-3-11(16-10)13(22)15-9(6-19)7-20/h9-10,19-20H,1-8H2,(H,15,21)(H,16,22);1-3,8-9,17-20H,4-7H2,(H,14,21)(H,15,22). The molecular formula is C27H41N7O12. The smallest absolute Gasteiger partial charge is 0.271 e. The molecule has 256 valence electrons. The Morgan fingerprint density at radius 2 is 0.978 bits per heavy atom. The van der Waals surface area contributed by atoms with Crippen LogP contribution in [-0.4, -0.2) is 160 Å². The van der Waals surface area contributed by atoms with Gasteiger partial charge in [-0.3, -0.25) is 19.2 Å². The monoisotopic (exact) mass is 655 g/mol. The Labute approximate surface area is 264 Å². The molecule has 0 unspecified atom stereocenters. The Bertz CT molecular complexity index is 1100. The van der Waals surface area contributed by atoms with Crippen LogP contribution in [0, 0.1) is 0 Å². The Balaban J connectivity index is 0.000000462. The molecule has 0 radical (unpaired) electrons. The van der Waals surface area contributed by atoms with Crippen LogP contribution < -0.4 is 21.3 Å². The van der Waals surface area contributed by atoms with Crippen molar-refractivity contribution in [1.82, 2.24) is 36.2 Å². The zero-order chi connectivity index (χ0) is 34.2. The predicted octanol–water partition coefficient (Wildman–Crippen LogP) is -4.80. The van der Waals surface area contributed by atoms with Gasteiger partial charge in [0.15, 0.2) is 0 Å². The van der Waals surface area contributed by atoms with Crippen molar-refractivity contribution in [2.75, 3.05) is 79.2 Å². The fourth-order valence-electron chi connectivity index (χ4n) is 3.05. The maximum Gasteiger partial charge on any atom is 0.271 e. The fraction of sp³-hybridized carbons (Fsp3) is 0.519. The molecule has 19 heteroatoms. The van der Waals surface area contributed by atoms with Crippen molar-refractivity contribution in [3.63, 3.8) is 0 Å². The lowest BCUT2D eigenvalue weighted by Gasteiger charge is -2.14. The predicted molar refractivity (Wildman–Crippen MR) is 158 cm³/mol. The highest BCUT2D eigenvalue weighted by Crippen LogP contribution is 2.01. The third-order valence-electron chi connectivity index (χ3n) is 5.42. The summed E-state index contributed by atoms with van der Waals surface area (Å²) in [6.07, 6.45) is 2.42. The maximum absolute atomic E-state index is 11.9. The highest BCUT2D eigenvalue weighted by Gasteiger charge is 2.17. The molecule has 0 bridgehead atoms. The van der Waals surface area contributed by atoms with Gasteiger partial charge < -0.3 is 61.4 Å². The van der Waals surface area contributed by atoms with E-state index in [1.165, 1.54) is 30.6 Å². The molecular weight excluding hydrogens is 614 g/mol. The van der Waals surface area contributed by atoms with Crippen molar-refractivity contribution < 1.29 is 59.3 Å². The zero-order valence-corrected chi connectivity index (χ0v) is 25.0. The van der Waals surface area contributed by atoms with Gasteiger partial charge in [-0.25, -0.2) is 15.0 Å². The van der Waals surface area contributed by atoms with Gasteiger partial charge in [0.25, 0.3) is 23.6 Å². The maximum atomic E-state index is 11.9. The number of nitrogens with one attached hydrogen (secondary N) is 4. The van der Waals surface area contributed by atoms with Crippen LogP contribution in [0.25, 0.3) is 0 Å². The number of aliphatic hydroxyl groups excluding tert-OH is 6. The number of hydrogen-bond acceptors (Lipinski definition) is 15. The Hall–Kier alpha value is -4.21. The molecule has 19 nitrogen and oxygen atoms in total. The van der Waals surface area contributed by atoms with Gasteiger partial charge in [-0.05, 0) is 12.1 Å². The zero-order valence-electron chi connectivity index (χ0n) is 25.0. The minimum Gasteiger partial charge on any atom is -0.394 e. The molecule has 0 fully saturated rings. The number of amides is 4. The Kier molecular flexibility index (Phi) is 20.8. The normalized spacial score (nSPS) is 10.6. The number of carbonyl (C=O) groups excluding carboxylic acids is 4. The van der Waals surface area contributed by atoms with E-state index in [0.717, 1.165) is 0 Å². The van der Waals surface area contributed by atoms with Crippen molar-refractivity contribution in [2.24, 2.45) is 0 Å². The number of rotatable bonds is 20. The van der Waals surface area contributed by atoms with Gasteiger partial charge in [-0.15, -0.1) is 0 Å². The summed E-state index contributed by atoms with van der Waals surface area (Å²) < 4.78 is 10.0. The molecule has 46 heavy (non-hydrogen) atoms. The minimum atomic E-state index is -0.819. The van der Waals surface area contributed by atoms with E-state index in [2.05, 4.69) is 36.2 Å². The second kappa shape index (κ2) is 24.1. The summed E-state index contributed by atoms with van der Waals surface area (Å²) in [7, 11) is 0. The third kappa shape index (κ3) is 15.7. The molecule has 10 N–H and O–H groups in total. The summed E-state index contributed by atoms with van der Waals surface area (Å²) in [6, 6.07) is 2.54. The van der Waals surface area contributed by atoms with E-state index in [4.69, 9.17) is 40.1 Å². The molecule has 2 heterocycles. The molecule has 2 aromatic heterocycles. The number of aromatic nitrogens is 3. The van der Waals surface area contributed by atoms with Crippen molar-refractivity contribution in [3.05, 3.63) is 53.4 Å². The van der Waals surface area contributed by atoms with Gasteiger partial charge in [0, 0.05) is 13.1 Å². The molecule has 4 amide bonds. The van der Waals surface area contributed by atoms with Gasteiger partial charge in [-0.2, -0.15) is 0 Å². The molecule has 0 saturated carbocycles. The molecule has 0 aromatic carbocycles. The van der Waals surface area contributed by atoms with E-state index in [1.807, 2.05) is 0 Å². The van der Waals surface area contributed by atoms with E-state index in [-0.39, 0.29) is 75.5 Å². The number of carbonyl (C=O) groups is 4. The summed E-state index contributed by atoms with van der Waals surface area (Å²) >= 11 is 0. The SMILES string of the molecule is O=C(NC(CO)CO)c1cccc(C(=O)NC(CO)CO)n1.O=C(NCCOCCO)c1cnc(C(=O)NCCOCCO)cn1. The van der Waals surface area contributed by atoms with Crippen LogP contribution in [0.4, 0.5) is 0 Å². The van der Waals surface area contributed by atoms with Crippen LogP contribution in [0.15, 0.2) is 30.6 Å². The average molecular weight is 656 g/mol. The molecule has 0 atom stereocenters. The Morgan fingerprint density at radius 1 is 0.587 bits per heavy atom. The largest absolute Gasteiger partial charge is 0.394 e. The first kappa shape index (κ1) is 39.8. The minimum absolute atomic E-state index is 0.0657. The van der Waals surface area contributed by atoms with E-state index < -0.39 is 62.1 Å². The van der Waals surface area contributed by atoms with Crippen molar-refractivity contribution >= 4 is 23.6 Å². The van der Waals surface area contributed by atoms with Crippen molar-refractivity contribution in [2.45, 2.75) is 12.1 Å². The number of hydrogen-bond donors (Lipinski definition) is 10. The van der Waals surface area contributed by atoms with Crippen LogP contribution in [0.1, 0.15) is 42.0 Å². The number of nitrogens with zero attached hydrogens (tertiary/aromatic N) is 3. The second-order valence-electron chi connectivity index (χ2n) is 8.95. The second-order valence-corrected chi connectivity index (χ2v) is 8.95. The van der Waals surface area contributed by atoms with Gasteiger partial charge in [0.2, 0.25) is 0 Å². The van der Waals surface area contributed by atoms with Gasteiger partial charge in [0.05, 0.1) is 90.5 Å². The van der Waals surface area contributed by atoms with E-state index in [0.29, 0.717) is 0 Å². The summed E-state index contributed by atoms with van der Waals surface area (Å²) in [4.78, 5) is 58.9. The van der Waals surface area contributed by atoms with Crippen molar-refractivity contribution in [1.29, 1.82) is 0 Å². The number of ether oxygens (including phenoxy) is 2. The summed E-state index contributed by atoms with van der Waals surface area (Å²) in [6.45, 7) is -0.352. The van der Waals surface area contributed by atoms with Crippen LogP contribution in [-0.2, 0) is 9.47 Å². The van der Waals surface area contributed by atoms with E-state index in [1.54, 1.807) is 0 Å². The first-order valence-electron chi connectivity index (χ1n) is 14.0. The van der Waals surface area contributed by atoms with E-state index in [9.17, 15) is 19.2 Å². The highest BCUT2D eigenvalue weighted by atomic mass is 16.5. The molecule has 2 aromatic rings. The lowest BCUT2D eigenvalue weighted by Crippen LogP contribution is -2.41. The topological polar surface area (TPSA) is 295 Å². The quantitative estimate of drug-likeness (QED) is 0.0599. The van der Waals surface area contributed by atoms with Crippen LogP contribution in [0.3, 0.4) is 0 Å². The molecule has 0 spiro atoms. The fourth-order valence-corrected chi connectivity index (χ4v) is 3.05. The first-order valence-corrected chi connectivity index (χ1v) is 14.0. The number of aliphatic hydroxyl groups is 6. The lowest BCUT2D eigenvalue weighted by atomic mass is 10.2. The first-order chi connectivity index (χ1) is 22.2. The molecule has 0 saturated heterocycles. The summed E-state index contributed by atoms with van der Waals surface area (Å²) in [5.74, 6) is -2.16. The Morgan fingerprint density at radius 3 is 1.30 bits per heavy atom.